The van der Waals surface area contributed by atoms with Gasteiger partial charge in [0.05, 0.1) is 0 Å². The molecule has 2 atom stereocenters. The van der Waals surface area contributed by atoms with Crippen molar-refractivity contribution in [1.82, 2.24) is 0 Å². The molecular weight excluding hydrogens is 227 g/mol. The second kappa shape index (κ2) is 4.27. The van der Waals surface area contributed by atoms with Gasteiger partial charge in [0.25, 0.3) is 0 Å². The molecule has 2 rings (SSSR count). The summed E-state index contributed by atoms with van der Waals surface area (Å²) in [5, 5.41) is 0. The average Bonchev–Trinajstić information content (AvgIpc) is 2.19. The Morgan fingerprint density at radius 2 is 2.08 bits per heavy atom. The molecule has 1 saturated heterocycles. The molecule has 1 heterocycles. The molecule has 0 radical (unpaired) electrons. The van der Waals surface area contributed by atoms with Crippen molar-refractivity contribution in [2.24, 2.45) is 0 Å². The molecule has 0 saturated carbocycles. The van der Waals surface area contributed by atoms with Crippen LogP contribution in [0.15, 0.2) is 30.3 Å². The summed E-state index contributed by atoms with van der Waals surface area (Å²) in [5.41, 5.74) is 0. The van der Waals surface area contributed by atoms with E-state index in [2.05, 4.69) is 19.1 Å². The summed E-state index contributed by atoms with van der Waals surface area (Å²) in [6.45, 7) is 2.98. The normalized spacial score (nSPS) is 28.7. The van der Waals surface area contributed by atoms with Crippen LogP contribution in [0.5, 0.6) is 0 Å². The molecule has 2 nitrogen and oxygen atoms in total. The van der Waals surface area contributed by atoms with Crippen LogP contribution in [-0.4, -0.2) is 28.0 Å². The third-order valence-corrected chi connectivity index (χ3v) is 5.52. The van der Waals surface area contributed by atoms with Crippen LogP contribution in [-0.2, 0) is 7.45 Å². The summed E-state index contributed by atoms with van der Waals surface area (Å²) >= 11 is -1.61. The molecule has 0 aromatic heterocycles. The zero-order chi connectivity index (χ0) is 9.10. The van der Waals surface area contributed by atoms with Crippen LogP contribution in [0.1, 0.15) is 13.3 Å². The first-order chi connectivity index (χ1) is 6.36. The van der Waals surface area contributed by atoms with Crippen LogP contribution in [0.2, 0.25) is 0 Å². The van der Waals surface area contributed by atoms with E-state index in [0.717, 1.165) is 13.0 Å². The van der Waals surface area contributed by atoms with Gasteiger partial charge in [0.1, 0.15) is 0 Å². The van der Waals surface area contributed by atoms with Crippen molar-refractivity contribution >= 4 is 19.7 Å². The molecule has 1 aliphatic rings. The van der Waals surface area contributed by atoms with E-state index >= 15 is 0 Å². The maximum absolute atomic E-state index is 5.80. The predicted molar refractivity (Wildman–Crippen MR) is 52.9 cm³/mol. The summed E-state index contributed by atoms with van der Waals surface area (Å²) in [4.78, 5) is 0. The van der Waals surface area contributed by atoms with E-state index in [9.17, 15) is 0 Å². The minimum absolute atomic E-state index is 0.369. The molecule has 0 aliphatic carbocycles. The van der Waals surface area contributed by atoms with Gasteiger partial charge in [-0.2, -0.15) is 0 Å². The van der Waals surface area contributed by atoms with Crippen LogP contribution < -0.4 is 4.35 Å². The topological polar surface area (TPSA) is 18.5 Å². The fraction of sp³-hybridized carbons (Fsp3) is 0.400. The number of benzene rings is 1. The first-order valence-corrected chi connectivity index (χ1v) is 6.98. The fourth-order valence-electron chi connectivity index (χ4n) is 1.23. The SMILES string of the molecule is CC1CCO[As](c2ccccc2)O1. The van der Waals surface area contributed by atoms with Gasteiger partial charge >= 0.3 is 83.5 Å². The van der Waals surface area contributed by atoms with Crippen LogP contribution in [0.25, 0.3) is 0 Å². The Morgan fingerprint density at radius 3 is 2.77 bits per heavy atom. The van der Waals surface area contributed by atoms with Crippen LogP contribution in [0.4, 0.5) is 0 Å². The molecule has 1 aliphatic heterocycles. The standard InChI is InChI=1S/C10H13AsO2/c1-9-7-8-12-11(13-9)10-5-3-2-4-6-10/h2-6,9H,7-8H2,1H3. The molecule has 1 aromatic carbocycles. The Bertz CT molecular complexity index is 263. The van der Waals surface area contributed by atoms with Gasteiger partial charge in [-0.3, -0.25) is 0 Å². The molecule has 13 heavy (non-hydrogen) atoms. The molecular formula is C10H13AsO2. The molecule has 0 bridgehead atoms. The molecule has 1 fully saturated rings. The van der Waals surface area contributed by atoms with Crippen molar-refractivity contribution in [2.45, 2.75) is 19.4 Å². The molecule has 0 N–H and O–H groups in total. The molecule has 1 aromatic rings. The monoisotopic (exact) mass is 240 g/mol. The van der Waals surface area contributed by atoms with Crippen molar-refractivity contribution in [1.29, 1.82) is 0 Å². The van der Waals surface area contributed by atoms with Crippen molar-refractivity contribution < 1.29 is 7.45 Å². The Balaban J connectivity index is 2.08. The first kappa shape index (κ1) is 9.26. The maximum atomic E-state index is 5.80. The van der Waals surface area contributed by atoms with E-state index in [1.165, 1.54) is 4.35 Å². The van der Waals surface area contributed by atoms with E-state index in [-0.39, 0.29) is 0 Å². The van der Waals surface area contributed by atoms with Crippen molar-refractivity contribution in [3.05, 3.63) is 30.3 Å². The first-order valence-electron chi connectivity index (χ1n) is 4.51. The second-order valence-corrected chi connectivity index (χ2v) is 6.28. The zero-order valence-electron chi connectivity index (χ0n) is 7.64. The number of rotatable bonds is 1. The molecule has 2 unspecified atom stereocenters. The number of hydrogen-bond donors (Lipinski definition) is 0. The second-order valence-electron chi connectivity index (χ2n) is 3.13. The Morgan fingerprint density at radius 1 is 1.31 bits per heavy atom. The minimum atomic E-state index is -1.61. The van der Waals surface area contributed by atoms with Crippen molar-refractivity contribution in [3.63, 3.8) is 0 Å². The van der Waals surface area contributed by atoms with Crippen molar-refractivity contribution in [3.8, 4) is 0 Å². The summed E-state index contributed by atoms with van der Waals surface area (Å²) in [7, 11) is 0. The van der Waals surface area contributed by atoms with Crippen LogP contribution in [0, 0.1) is 0 Å². The van der Waals surface area contributed by atoms with Gasteiger partial charge in [0.2, 0.25) is 0 Å². The quantitative estimate of drug-likeness (QED) is 0.687. The summed E-state index contributed by atoms with van der Waals surface area (Å²) in [5.74, 6) is 0. The Labute approximate surface area is 83.8 Å². The van der Waals surface area contributed by atoms with Gasteiger partial charge in [-0.1, -0.05) is 0 Å². The van der Waals surface area contributed by atoms with E-state index in [1.54, 1.807) is 0 Å². The van der Waals surface area contributed by atoms with E-state index in [0.29, 0.717) is 6.10 Å². The van der Waals surface area contributed by atoms with Gasteiger partial charge in [-0.25, -0.2) is 0 Å². The predicted octanol–water partition coefficient (Wildman–Crippen LogP) is 1.21. The number of hydrogen-bond acceptors (Lipinski definition) is 2. The molecule has 70 valence electrons. The Hall–Kier alpha value is -0.302. The van der Waals surface area contributed by atoms with E-state index in [1.807, 2.05) is 18.2 Å². The zero-order valence-corrected chi connectivity index (χ0v) is 9.52. The van der Waals surface area contributed by atoms with Crippen LogP contribution in [0.3, 0.4) is 0 Å². The van der Waals surface area contributed by atoms with Gasteiger partial charge in [-0.15, -0.1) is 0 Å². The summed E-state index contributed by atoms with van der Waals surface area (Å²) in [6.07, 6.45) is 1.40. The van der Waals surface area contributed by atoms with Crippen LogP contribution >= 0.6 is 0 Å². The summed E-state index contributed by atoms with van der Waals surface area (Å²) < 4.78 is 12.7. The third-order valence-electron chi connectivity index (χ3n) is 1.98. The van der Waals surface area contributed by atoms with E-state index in [4.69, 9.17) is 7.45 Å². The van der Waals surface area contributed by atoms with Crippen molar-refractivity contribution in [2.75, 3.05) is 6.61 Å². The third kappa shape index (κ3) is 2.34. The summed E-state index contributed by atoms with van der Waals surface area (Å²) in [6, 6.07) is 10.3. The van der Waals surface area contributed by atoms with Gasteiger partial charge in [-0.05, 0) is 0 Å². The molecule has 3 heteroatoms. The van der Waals surface area contributed by atoms with Gasteiger partial charge in [0.15, 0.2) is 0 Å². The van der Waals surface area contributed by atoms with E-state index < -0.39 is 15.3 Å². The average molecular weight is 240 g/mol. The van der Waals surface area contributed by atoms with Gasteiger partial charge in [0, 0.05) is 0 Å². The molecule has 0 spiro atoms. The molecule has 0 amide bonds. The van der Waals surface area contributed by atoms with Gasteiger partial charge < -0.3 is 0 Å². The fourth-order valence-corrected chi connectivity index (χ4v) is 4.28. The Kier molecular flexibility index (Phi) is 3.05.